The number of likely N-dealkylation sites (N-methyl/N-ethyl adjacent to an activating group) is 1. The average Bonchev–Trinajstić information content (AvgIpc) is 3.54. The number of ketones is 1. The van der Waals surface area contributed by atoms with E-state index in [0.717, 1.165) is 10.6 Å². The first kappa shape index (κ1) is 25.5. The average molecular weight is 533 g/mol. The van der Waals surface area contributed by atoms with Crippen molar-refractivity contribution in [3.63, 3.8) is 0 Å². The standard InChI is InChI=1S/C29H28N2O6S/c1-17(2)16-37-29(35)18-6-9-20(10-7-18)31-25(23-5-4-14-38-23)24(27(33)28(31)34)26(32)19-8-11-22-21(15-19)30(3)12-13-36-22/h4-11,14-15,17,25,32H,12-13,16H2,1-3H3/b26-24-. The van der Waals surface area contributed by atoms with Crippen molar-refractivity contribution in [2.24, 2.45) is 5.92 Å². The minimum atomic E-state index is -0.821. The first-order chi connectivity index (χ1) is 18.3. The number of fused-ring (bicyclic) bond motifs is 1. The lowest BCUT2D eigenvalue weighted by molar-refractivity contribution is -0.132. The van der Waals surface area contributed by atoms with Gasteiger partial charge in [0.2, 0.25) is 0 Å². The van der Waals surface area contributed by atoms with Crippen molar-refractivity contribution in [2.45, 2.75) is 19.9 Å². The smallest absolute Gasteiger partial charge is 0.338 e. The Balaban J connectivity index is 1.55. The molecule has 3 heterocycles. The third-order valence-corrected chi connectivity index (χ3v) is 7.44. The van der Waals surface area contributed by atoms with Gasteiger partial charge in [0.25, 0.3) is 11.7 Å². The summed E-state index contributed by atoms with van der Waals surface area (Å²) < 4.78 is 11.0. The van der Waals surface area contributed by atoms with Crippen LogP contribution in [0.4, 0.5) is 11.4 Å². The summed E-state index contributed by atoms with van der Waals surface area (Å²) in [4.78, 5) is 43.2. The fourth-order valence-corrected chi connectivity index (χ4v) is 5.38. The van der Waals surface area contributed by atoms with Crippen molar-refractivity contribution in [1.29, 1.82) is 0 Å². The zero-order valence-electron chi connectivity index (χ0n) is 21.3. The molecule has 0 saturated carbocycles. The second kappa shape index (κ2) is 10.3. The number of thiophene rings is 1. The molecule has 1 amide bonds. The van der Waals surface area contributed by atoms with E-state index in [0.29, 0.717) is 42.3 Å². The van der Waals surface area contributed by atoms with Gasteiger partial charge in [-0.1, -0.05) is 19.9 Å². The number of rotatable bonds is 6. The van der Waals surface area contributed by atoms with E-state index in [4.69, 9.17) is 9.47 Å². The van der Waals surface area contributed by atoms with Crippen molar-refractivity contribution in [2.75, 3.05) is 36.6 Å². The molecule has 2 aliphatic heterocycles. The summed E-state index contributed by atoms with van der Waals surface area (Å²) in [7, 11) is 1.93. The number of aliphatic hydroxyl groups is 1. The topological polar surface area (TPSA) is 96.4 Å². The molecule has 0 radical (unpaired) electrons. The molecule has 0 spiro atoms. The third kappa shape index (κ3) is 4.65. The number of carbonyl (C=O) groups excluding carboxylic acids is 3. The Morgan fingerprint density at radius 1 is 1.13 bits per heavy atom. The van der Waals surface area contributed by atoms with Crippen LogP contribution in [0, 0.1) is 5.92 Å². The lowest BCUT2D eigenvalue weighted by atomic mass is 9.99. The van der Waals surface area contributed by atoms with Gasteiger partial charge in [-0.3, -0.25) is 14.5 Å². The Kier molecular flexibility index (Phi) is 6.94. The van der Waals surface area contributed by atoms with Gasteiger partial charge in [0.05, 0.1) is 30.0 Å². The van der Waals surface area contributed by atoms with Gasteiger partial charge in [0, 0.05) is 23.2 Å². The summed E-state index contributed by atoms with van der Waals surface area (Å²) in [5.41, 5.74) is 2.01. The molecule has 5 rings (SSSR count). The highest BCUT2D eigenvalue weighted by Crippen LogP contribution is 2.44. The quantitative estimate of drug-likeness (QED) is 0.206. The normalized spacial score (nSPS) is 18.5. The van der Waals surface area contributed by atoms with Gasteiger partial charge in [-0.05, 0) is 59.8 Å². The number of Topliss-reactive ketones (excluding diaryl/α,β-unsaturated/α-hetero) is 1. The van der Waals surface area contributed by atoms with Crippen molar-refractivity contribution in [3.05, 3.63) is 81.6 Å². The summed E-state index contributed by atoms with van der Waals surface area (Å²) in [6.07, 6.45) is 0. The van der Waals surface area contributed by atoms with Crippen LogP contribution in [0.1, 0.15) is 40.7 Å². The molecule has 0 bridgehead atoms. The first-order valence-corrected chi connectivity index (χ1v) is 13.2. The fourth-order valence-electron chi connectivity index (χ4n) is 4.55. The number of benzene rings is 2. The van der Waals surface area contributed by atoms with Gasteiger partial charge < -0.3 is 19.5 Å². The molecule has 1 unspecified atom stereocenters. The SMILES string of the molecule is CC(C)COC(=O)c1ccc(N2C(=O)C(=O)/C(=C(\O)c3ccc4c(c3)N(C)CCO4)C2c2cccs2)cc1. The number of aliphatic hydroxyl groups excluding tert-OH is 1. The predicted molar refractivity (Wildman–Crippen MR) is 146 cm³/mol. The predicted octanol–water partition coefficient (Wildman–Crippen LogP) is 5.02. The summed E-state index contributed by atoms with van der Waals surface area (Å²) in [5, 5.41) is 13.3. The molecule has 1 atom stereocenters. The lowest BCUT2D eigenvalue weighted by Gasteiger charge is -2.28. The van der Waals surface area contributed by atoms with Crippen LogP contribution in [0.2, 0.25) is 0 Å². The van der Waals surface area contributed by atoms with E-state index in [9.17, 15) is 19.5 Å². The molecule has 1 N–H and O–H groups in total. The molecule has 0 aliphatic carbocycles. The minimum Gasteiger partial charge on any atom is -0.507 e. The Labute approximate surface area is 224 Å². The molecule has 3 aromatic rings. The molecule has 8 nitrogen and oxygen atoms in total. The second-order valence-electron chi connectivity index (χ2n) is 9.68. The van der Waals surface area contributed by atoms with E-state index in [2.05, 4.69) is 0 Å². The summed E-state index contributed by atoms with van der Waals surface area (Å²) >= 11 is 1.39. The van der Waals surface area contributed by atoms with Gasteiger partial charge in [0.15, 0.2) is 0 Å². The molecular weight excluding hydrogens is 504 g/mol. The van der Waals surface area contributed by atoms with Crippen molar-refractivity contribution < 1.29 is 29.0 Å². The van der Waals surface area contributed by atoms with E-state index < -0.39 is 23.7 Å². The maximum absolute atomic E-state index is 13.4. The monoisotopic (exact) mass is 532 g/mol. The Morgan fingerprint density at radius 3 is 2.55 bits per heavy atom. The summed E-state index contributed by atoms with van der Waals surface area (Å²) in [5.74, 6) is -1.33. The second-order valence-corrected chi connectivity index (χ2v) is 10.7. The van der Waals surface area contributed by atoms with Gasteiger partial charge in [0.1, 0.15) is 24.2 Å². The van der Waals surface area contributed by atoms with Gasteiger partial charge in [-0.2, -0.15) is 0 Å². The zero-order valence-corrected chi connectivity index (χ0v) is 22.2. The van der Waals surface area contributed by atoms with E-state index in [-0.39, 0.29) is 17.3 Å². The summed E-state index contributed by atoms with van der Waals surface area (Å²) in [6.45, 7) is 5.46. The maximum Gasteiger partial charge on any atom is 0.338 e. The molecular formula is C29H28N2O6S. The van der Waals surface area contributed by atoms with E-state index >= 15 is 0 Å². The van der Waals surface area contributed by atoms with Gasteiger partial charge in [-0.15, -0.1) is 11.3 Å². The number of nitrogens with zero attached hydrogens (tertiary/aromatic N) is 2. The van der Waals surface area contributed by atoms with Crippen molar-refractivity contribution in [3.8, 4) is 5.75 Å². The van der Waals surface area contributed by atoms with Gasteiger partial charge in [-0.25, -0.2) is 4.79 Å². The molecule has 1 saturated heterocycles. The summed E-state index contributed by atoms with van der Waals surface area (Å²) in [6, 6.07) is 14.4. The Hall–Kier alpha value is -4.11. The number of hydrogen-bond donors (Lipinski definition) is 1. The largest absolute Gasteiger partial charge is 0.507 e. The Bertz CT molecular complexity index is 1410. The van der Waals surface area contributed by atoms with Gasteiger partial charge >= 0.3 is 5.97 Å². The van der Waals surface area contributed by atoms with Crippen LogP contribution in [0.3, 0.4) is 0 Å². The number of ether oxygens (including phenoxy) is 2. The zero-order chi connectivity index (χ0) is 27.0. The van der Waals surface area contributed by atoms with Crippen LogP contribution < -0.4 is 14.5 Å². The van der Waals surface area contributed by atoms with Crippen molar-refractivity contribution >= 4 is 46.1 Å². The molecule has 38 heavy (non-hydrogen) atoms. The molecule has 2 aromatic carbocycles. The molecule has 1 aromatic heterocycles. The highest BCUT2D eigenvalue weighted by molar-refractivity contribution is 7.10. The van der Waals surface area contributed by atoms with Crippen LogP contribution in [0.15, 0.2) is 65.6 Å². The van der Waals surface area contributed by atoms with Crippen LogP contribution in [-0.4, -0.2) is 49.6 Å². The van der Waals surface area contributed by atoms with Crippen LogP contribution in [0.25, 0.3) is 5.76 Å². The van der Waals surface area contributed by atoms with Crippen molar-refractivity contribution in [1.82, 2.24) is 0 Å². The van der Waals surface area contributed by atoms with Crippen LogP contribution >= 0.6 is 11.3 Å². The fraction of sp³-hybridized carbons (Fsp3) is 0.276. The molecule has 9 heteroatoms. The van der Waals surface area contributed by atoms with E-state index in [1.54, 1.807) is 42.5 Å². The number of carbonyl (C=O) groups is 3. The Morgan fingerprint density at radius 2 is 1.87 bits per heavy atom. The van der Waals surface area contributed by atoms with Crippen LogP contribution in [0.5, 0.6) is 5.75 Å². The van der Waals surface area contributed by atoms with E-state index in [1.807, 2.05) is 43.3 Å². The maximum atomic E-state index is 13.4. The minimum absolute atomic E-state index is 0.0113. The van der Waals surface area contributed by atoms with Crippen LogP contribution in [-0.2, 0) is 14.3 Å². The number of anilines is 2. The molecule has 2 aliphatic rings. The van der Waals surface area contributed by atoms with E-state index in [1.165, 1.54) is 16.2 Å². The molecule has 196 valence electrons. The lowest BCUT2D eigenvalue weighted by Crippen LogP contribution is -2.29. The number of esters is 1. The number of hydrogen-bond acceptors (Lipinski definition) is 8. The number of amides is 1. The first-order valence-electron chi connectivity index (χ1n) is 12.4. The highest BCUT2D eigenvalue weighted by Gasteiger charge is 2.47. The molecule has 1 fully saturated rings. The third-order valence-electron chi connectivity index (χ3n) is 6.51. The highest BCUT2D eigenvalue weighted by atomic mass is 32.1.